The average Bonchev–Trinajstić information content (AvgIpc) is 1.93. The lowest BCUT2D eigenvalue weighted by Gasteiger charge is -2.30. The number of nitrogens with zero attached hydrogens (tertiary/aromatic N) is 1. The predicted octanol–water partition coefficient (Wildman–Crippen LogP) is 1.02. The minimum Gasteiger partial charge on any atom is -0.328 e. The fourth-order valence-electron chi connectivity index (χ4n) is 1.56. The Morgan fingerprint density at radius 1 is 1.36 bits per heavy atom. The van der Waals surface area contributed by atoms with E-state index in [0.29, 0.717) is 6.04 Å². The Labute approximate surface area is 69.8 Å². The first-order valence-electron chi connectivity index (χ1n) is 4.45. The third kappa shape index (κ3) is 3.21. The lowest BCUT2D eigenvalue weighted by Crippen LogP contribution is -2.40. The minimum atomic E-state index is 0.461. The molecule has 11 heavy (non-hydrogen) atoms. The van der Waals surface area contributed by atoms with Crippen molar-refractivity contribution in [3.63, 3.8) is 0 Å². The summed E-state index contributed by atoms with van der Waals surface area (Å²) in [7, 11) is 0. The van der Waals surface area contributed by atoms with Gasteiger partial charge in [-0.1, -0.05) is 13.8 Å². The molecule has 0 atom stereocenters. The first-order chi connectivity index (χ1) is 5.18. The second-order valence-electron chi connectivity index (χ2n) is 3.82. The maximum atomic E-state index is 5.79. The van der Waals surface area contributed by atoms with Crippen molar-refractivity contribution < 1.29 is 0 Å². The van der Waals surface area contributed by atoms with Crippen LogP contribution in [-0.4, -0.2) is 30.6 Å². The first kappa shape index (κ1) is 9.01. The fraction of sp³-hybridized carbons (Fsp3) is 0.889. The molecule has 0 aromatic heterocycles. The van der Waals surface area contributed by atoms with Crippen LogP contribution in [0.2, 0.25) is 0 Å². The summed E-state index contributed by atoms with van der Waals surface area (Å²) < 4.78 is 0. The molecular formula is C9H19N2. The smallest absolute Gasteiger partial charge is 0.00631 e. The topological polar surface area (TPSA) is 29.3 Å². The molecule has 0 aromatic rings. The van der Waals surface area contributed by atoms with E-state index in [-0.39, 0.29) is 0 Å². The molecular weight excluding hydrogens is 136 g/mol. The van der Waals surface area contributed by atoms with Crippen LogP contribution in [0.25, 0.3) is 0 Å². The van der Waals surface area contributed by atoms with Gasteiger partial charge in [-0.05, 0) is 31.8 Å². The average molecular weight is 155 g/mol. The van der Waals surface area contributed by atoms with Crippen LogP contribution in [0.5, 0.6) is 0 Å². The molecule has 0 amide bonds. The molecule has 0 spiro atoms. The van der Waals surface area contributed by atoms with E-state index in [1.54, 1.807) is 0 Å². The lowest BCUT2D eigenvalue weighted by molar-refractivity contribution is 0.221. The van der Waals surface area contributed by atoms with Gasteiger partial charge in [-0.15, -0.1) is 0 Å². The van der Waals surface area contributed by atoms with E-state index >= 15 is 0 Å². The van der Waals surface area contributed by atoms with Crippen LogP contribution in [0.3, 0.4) is 0 Å². The van der Waals surface area contributed by atoms with Crippen LogP contribution >= 0.6 is 0 Å². The molecule has 0 aromatic carbocycles. The quantitative estimate of drug-likeness (QED) is 0.645. The predicted molar refractivity (Wildman–Crippen MR) is 48.2 cm³/mol. The molecule has 0 saturated carbocycles. The Kier molecular flexibility index (Phi) is 3.34. The summed E-state index contributed by atoms with van der Waals surface area (Å²) in [6, 6.07) is 0.461. The van der Waals surface area contributed by atoms with E-state index in [9.17, 15) is 0 Å². The second-order valence-corrected chi connectivity index (χ2v) is 3.82. The van der Waals surface area contributed by atoms with E-state index in [2.05, 4.69) is 18.7 Å². The Hall–Kier alpha value is -0.0800. The molecule has 0 bridgehead atoms. The van der Waals surface area contributed by atoms with Crippen molar-refractivity contribution in [1.82, 2.24) is 4.90 Å². The molecule has 65 valence electrons. The molecule has 1 aliphatic heterocycles. The van der Waals surface area contributed by atoms with Crippen molar-refractivity contribution in [2.45, 2.75) is 32.7 Å². The van der Waals surface area contributed by atoms with E-state index in [0.717, 1.165) is 6.54 Å². The molecule has 0 unspecified atom stereocenters. The fourth-order valence-corrected chi connectivity index (χ4v) is 1.56. The van der Waals surface area contributed by atoms with Gasteiger partial charge in [0.05, 0.1) is 0 Å². The van der Waals surface area contributed by atoms with Gasteiger partial charge >= 0.3 is 0 Å². The molecule has 1 saturated heterocycles. The number of nitrogens with two attached hydrogens (primary N) is 1. The zero-order chi connectivity index (χ0) is 8.27. The van der Waals surface area contributed by atoms with Gasteiger partial charge in [0.15, 0.2) is 0 Å². The highest BCUT2D eigenvalue weighted by atomic mass is 15.1. The standard InChI is InChI=1S/C9H19N2/c1-8(2)7-11-5-3-9(10)4-6-11/h9H,3-7,10H2,1-2H3. The van der Waals surface area contributed by atoms with Crippen LogP contribution < -0.4 is 5.73 Å². The number of likely N-dealkylation sites (tertiary alicyclic amines) is 1. The van der Waals surface area contributed by atoms with E-state index in [1.165, 1.54) is 31.8 Å². The van der Waals surface area contributed by atoms with Gasteiger partial charge in [0.25, 0.3) is 0 Å². The van der Waals surface area contributed by atoms with Crippen molar-refractivity contribution in [1.29, 1.82) is 0 Å². The van der Waals surface area contributed by atoms with Gasteiger partial charge in [0, 0.05) is 12.6 Å². The monoisotopic (exact) mass is 155 g/mol. The number of hydrogen-bond acceptors (Lipinski definition) is 2. The largest absolute Gasteiger partial charge is 0.328 e. The zero-order valence-electron chi connectivity index (χ0n) is 7.64. The Morgan fingerprint density at radius 2 is 1.91 bits per heavy atom. The molecule has 1 rings (SSSR count). The Bertz CT molecular complexity index is 104. The van der Waals surface area contributed by atoms with E-state index in [1.807, 2.05) is 0 Å². The molecule has 0 aliphatic carbocycles. The van der Waals surface area contributed by atoms with Crippen LogP contribution in [0.15, 0.2) is 0 Å². The minimum absolute atomic E-state index is 0.461. The van der Waals surface area contributed by atoms with Gasteiger partial charge < -0.3 is 10.6 Å². The van der Waals surface area contributed by atoms with Crippen molar-refractivity contribution in [3.05, 3.63) is 5.92 Å². The van der Waals surface area contributed by atoms with Crippen LogP contribution in [0.4, 0.5) is 0 Å². The Balaban J connectivity index is 2.17. The molecule has 1 heterocycles. The van der Waals surface area contributed by atoms with Crippen LogP contribution in [0.1, 0.15) is 26.7 Å². The van der Waals surface area contributed by atoms with Crippen LogP contribution in [0, 0.1) is 5.92 Å². The molecule has 2 N–H and O–H groups in total. The maximum Gasteiger partial charge on any atom is 0.00631 e. The van der Waals surface area contributed by atoms with Gasteiger partial charge in [0.2, 0.25) is 0 Å². The third-order valence-corrected chi connectivity index (χ3v) is 2.17. The van der Waals surface area contributed by atoms with Crippen molar-refractivity contribution in [3.8, 4) is 0 Å². The van der Waals surface area contributed by atoms with Gasteiger partial charge in [-0.2, -0.15) is 0 Å². The highest BCUT2D eigenvalue weighted by Gasteiger charge is 2.15. The van der Waals surface area contributed by atoms with Crippen molar-refractivity contribution >= 4 is 0 Å². The zero-order valence-corrected chi connectivity index (χ0v) is 7.64. The molecule has 2 nitrogen and oxygen atoms in total. The summed E-state index contributed by atoms with van der Waals surface area (Å²) in [6.45, 7) is 7.91. The second kappa shape index (κ2) is 4.07. The number of rotatable bonds is 2. The maximum absolute atomic E-state index is 5.79. The number of hydrogen-bond donors (Lipinski definition) is 1. The van der Waals surface area contributed by atoms with Gasteiger partial charge in [-0.3, -0.25) is 0 Å². The Morgan fingerprint density at radius 3 is 2.36 bits per heavy atom. The lowest BCUT2D eigenvalue weighted by atomic mass is 10.0. The van der Waals surface area contributed by atoms with Gasteiger partial charge in [0.1, 0.15) is 0 Å². The molecule has 1 fully saturated rings. The summed E-state index contributed by atoms with van der Waals surface area (Å²) in [5.41, 5.74) is 5.79. The third-order valence-electron chi connectivity index (χ3n) is 2.17. The molecule has 1 aliphatic rings. The first-order valence-corrected chi connectivity index (χ1v) is 4.45. The van der Waals surface area contributed by atoms with Crippen molar-refractivity contribution in [2.75, 3.05) is 19.6 Å². The summed E-state index contributed by atoms with van der Waals surface area (Å²) in [5.74, 6) is 1.50. The highest BCUT2D eigenvalue weighted by molar-refractivity contribution is 4.84. The number of piperidine rings is 1. The van der Waals surface area contributed by atoms with E-state index in [4.69, 9.17) is 5.73 Å². The van der Waals surface area contributed by atoms with Crippen LogP contribution in [-0.2, 0) is 0 Å². The van der Waals surface area contributed by atoms with E-state index < -0.39 is 0 Å². The summed E-state index contributed by atoms with van der Waals surface area (Å²) in [6.07, 6.45) is 2.35. The SMILES string of the molecule is C[C](C)CN1CCC(N)CC1. The summed E-state index contributed by atoms with van der Waals surface area (Å²) in [5, 5.41) is 0. The highest BCUT2D eigenvalue weighted by Crippen LogP contribution is 2.10. The summed E-state index contributed by atoms with van der Waals surface area (Å²) >= 11 is 0. The summed E-state index contributed by atoms with van der Waals surface area (Å²) in [4.78, 5) is 2.48. The molecule has 1 radical (unpaired) electrons. The van der Waals surface area contributed by atoms with Crippen molar-refractivity contribution in [2.24, 2.45) is 5.73 Å². The normalized spacial score (nSPS) is 22.9. The van der Waals surface area contributed by atoms with Gasteiger partial charge in [-0.25, -0.2) is 0 Å². The molecule has 2 heteroatoms.